The van der Waals surface area contributed by atoms with Crippen LogP contribution >= 0.6 is 0 Å². The van der Waals surface area contributed by atoms with Crippen molar-refractivity contribution in [1.82, 2.24) is 4.90 Å². The second-order valence-corrected chi connectivity index (χ2v) is 3.53. The topological polar surface area (TPSA) is 29.5 Å². The molecule has 2 rings (SSSR count). The second kappa shape index (κ2) is 4.57. The van der Waals surface area contributed by atoms with Crippen LogP contribution in [0.2, 0.25) is 0 Å². The Bertz CT molecular complexity index is 403. The molecule has 1 aliphatic heterocycles. The highest BCUT2D eigenvalue weighted by Gasteiger charge is 2.21. The van der Waals surface area contributed by atoms with Crippen molar-refractivity contribution >= 4 is 5.91 Å². The number of morpholine rings is 1. The lowest BCUT2D eigenvalue weighted by Gasteiger charge is -2.26. The summed E-state index contributed by atoms with van der Waals surface area (Å²) in [6.45, 7) is 1.69. The number of hydrogen-bond acceptors (Lipinski definition) is 2. The Balaban J connectivity index is 2.22. The van der Waals surface area contributed by atoms with Crippen LogP contribution in [0.1, 0.15) is 10.4 Å². The van der Waals surface area contributed by atoms with Crippen LogP contribution in [0.25, 0.3) is 0 Å². The molecule has 1 saturated heterocycles. The smallest absolute Gasteiger partial charge is 0.257 e. The molecule has 1 aromatic rings. The van der Waals surface area contributed by atoms with Crippen LogP contribution in [0, 0.1) is 11.6 Å². The van der Waals surface area contributed by atoms with E-state index >= 15 is 0 Å². The van der Waals surface area contributed by atoms with Gasteiger partial charge in [0.25, 0.3) is 5.91 Å². The van der Waals surface area contributed by atoms with E-state index < -0.39 is 17.5 Å². The minimum Gasteiger partial charge on any atom is -0.378 e. The van der Waals surface area contributed by atoms with Gasteiger partial charge < -0.3 is 9.64 Å². The van der Waals surface area contributed by atoms with Gasteiger partial charge in [-0.25, -0.2) is 8.78 Å². The molecule has 0 bridgehead atoms. The van der Waals surface area contributed by atoms with Gasteiger partial charge in [0, 0.05) is 13.1 Å². The number of amides is 1. The molecule has 1 amide bonds. The third kappa shape index (κ3) is 2.19. The maximum absolute atomic E-state index is 13.3. The number of ether oxygens (including phenoxy) is 1. The van der Waals surface area contributed by atoms with Crippen molar-refractivity contribution in [3.05, 3.63) is 35.4 Å². The van der Waals surface area contributed by atoms with E-state index in [1.54, 1.807) is 0 Å². The van der Waals surface area contributed by atoms with Crippen molar-refractivity contribution in [2.45, 2.75) is 0 Å². The molecule has 0 aliphatic carbocycles. The highest BCUT2D eigenvalue weighted by Crippen LogP contribution is 2.13. The van der Waals surface area contributed by atoms with Gasteiger partial charge >= 0.3 is 0 Å². The summed E-state index contributed by atoms with van der Waals surface area (Å²) < 4.78 is 31.3. The Morgan fingerprint density at radius 2 is 1.94 bits per heavy atom. The third-order valence-electron chi connectivity index (χ3n) is 2.46. The van der Waals surface area contributed by atoms with Crippen LogP contribution in [-0.2, 0) is 4.74 Å². The van der Waals surface area contributed by atoms with Gasteiger partial charge in [0.2, 0.25) is 0 Å². The first-order chi connectivity index (χ1) is 7.68. The molecule has 5 heteroatoms. The van der Waals surface area contributed by atoms with Gasteiger partial charge in [0.15, 0.2) is 0 Å². The largest absolute Gasteiger partial charge is 0.378 e. The lowest BCUT2D eigenvalue weighted by atomic mass is 10.1. The third-order valence-corrected chi connectivity index (χ3v) is 2.46. The first-order valence-corrected chi connectivity index (χ1v) is 5.00. The fraction of sp³-hybridized carbons (Fsp3) is 0.364. The van der Waals surface area contributed by atoms with Crippen molar-refractivity contribution in [1.29, 1.82) is 0 Å². The number of halogens is 2. The fourth-order valence-electron chi connectivity index (χ4n) is 1.60. The second-order valence-electron chi connectivity index (χ2n) is 3.53. The molecule has 1 aliphatic rings. The summed E-state index contributed by atoms with van der Waals surface area (Å²) in [5, 5.41) is 0. The average molecular weight is 227 g/mol. The first-order valence-electron chi connectivity index (χ1n) is 5.00. The van der Waals surface area contributed by atoms with Gasteiger partial charge in [-0.3, -0.25) is 4.79 Å². The van der Waals surface area contributed by atoms with E-state index in [9.17, 15) is 13.6 Å². The normalized spacial score (nSPS) is 16.2. The summed E-state index contributed by atoms with van der Waals surface area (Å²) in [6.07, 6.45) is 0. The summed E-state index contributed by atoms with van der Waals surface area (Å²) in [7, 11) is 0. The van der Waals surface area contributed by atoms with Crippen LogP contribution in [0.3, 0.4) is 0 Å². The van der Waals surface area contributed by atoms with Gasteiger partial charge in [-0.05, 0) is 18.2 Å². The van der Waals surface area contributed by atoms with Crippen molar-refractivity contribution in [2.75, 3.05) is 26.3 Å². The molecule has 86 valence electrons. The van der Waals surface area contributed by atoms with E-state index in [1.165, 1.54) is 4.90 Å². The van der Waals surface area contributed by atoms with Crippen LogP contribution in [-0.4, -0.2) is 37.1 Å². The van der Waals surface area contributed by atoms with Crippen molar-refractivity contribution < 1.29 is 18.3 Å². The highest BCUT2D eigenvalue weighted by molar-refractivity contribution is 5.94. The lowest BCUT2D eigenvalue weighted by Crippen LogP contribution is -2.41. The lowest BCUT2D eigenvalue weighted by molar-refractivity contribution is 0.0299. The number of hydrogen-bond donors (Lipinski definition) is 0. The predicted molar refractivity (Wildman–Crippen MR) is 53.1 cm³/mol. The Kier molecular flexibility index (Phi) is 3.14. The molecule has 1 heterocycles. The summed E-state index contributed by atoms with van der Waals surface area (Å²) >= 11 is 0. The predicted octanol–water partition coefficient (Wildman–Crippen LogP) is 1.44. The summed E-state index contributed by atoms with van der Waals surface area (Å²) in [5.74, 6) is -1.80. The maximum atomic E-state index is 13.3. The molecule has 0 radical (unpaired) electrons. The number of rotatable bonds is 1. The molecule has 0 N–H and O–H groups in total. The van der Waals surface area contributed by atoms with Crippen molar-refractivity contribution in [3.8, 4) is 0 Å². The van der Waals surface area contributed by atoms with Crippen molar-refractivity contribution in [3.63, 3.8) is 0 Å². The Labute approximate surface area is 91.6 Å². The summed E-state index contributed by atoms with van der Waals surface area (Å²) in [5.41, 5.74) is -0.220. The quantitative estimate of drug-likeness (QED) is 0.726. The van der Waals surface area contributed by atoms with Gasteiger partial charge in [-0.15, -0.1) is 0 Å². The SMILES string of the molecule is O=C(c1cc(F)ccc1F)N1CCOCC1. The van der Waals surface area contributed by atoms with E-state index in [4.69, 9.17) is 4.74 Å². The molecular formula is C11H11F2NO2. The molecule has 1 aromatic carbocycles. The molecule has 16 heavy (non-hydrogen) atoms. The molecule has 1 fully saturated rings. The van der Waals surface area contributed by atoms with Gasteiger partial charge in [-0.1, -0.05) is 0 Å². The molecule has 3 nitrogen and oxygen atoms in total. The van der Waals surface area contributed by atoms with Crippen molar-refractivity contribution in [2.24, 2.45) is 0 Å². The molecule has 0 saturated carbocycles. The number of carbonyl (C=O) groups excluding carboxylic acids is 1. The van der Waals surface area contributed by atoms with Crippen LogP contribution in [0.15, 0.2) is 18.2 Å². The van der Waals surface area contributed by atoms with E-state index in [2.05, 4.69) is 0 Å². The standard InChI is InChI=1S/C11H11F2NO2/c12-8-1-2-10(13)9(7-8)11(15)14-3-5-16-6-4-14/h1-2,7H,3-6H2. The molecule has 0 atom stereocenters. The average Bonchev–Trinajstić information content (AvgIpc) is 2.32. The molecular weight excluding hydrogens is 216 g/mol. The summed E-state index contributed by atoms with van der Waals surface area (Å²) in [4.78, 5) is 13.3. The minimum atomic E-state index is -0.696. The Hall–Kier alpha value is -1.49. The van der Waals surface area contributed by atoms with Gasteiger partial charge in [0.05, 0.1) is 18.8 Å². The number of nitrogens with zero attached hydrogens (tertiary/aromatic N) is 1. The Morgan fingerprint density at radius 3 is 2.62 bits per heavy atom. The summed E-state index contributed by atoms with van der Waals surface area (Å²) in [6, 6.07) is 2.88. The fourth-order valence-corrected chi connectivity index (χ4v) is 1.60. The monoisotopic (exact) mass is 227 g/mol. The van der Waals surface area contributed by atoms with Crippen LogP contribution in [0.4, 0.5) is 8.78 Å². The minimum absolute atomic E-state index is 0.220. The molecule has 0 spiro atoms. The van der Waals surface area contributed by atoms with Gasteiger partial charge in [0.1, 0.15) is 11.6 Å². The Morgan fingerprint density at radius 1 is 1.25 bits per heavy atom. The zero-order valence-corrected chi connectivity index (χ0v) is 8.58. The highest BCUT2D eigenvalue weighted by atomic mass is 19.1. The zero-order chi connectivity index (χ0) is 11.5. The van der Waals surface area contributed by atoms with E-state index in [1.807, 2.05) is 0 Å². The van der Waals surface area contributed by atoms with E-state index in [0.717, 1.165) is 18.2 Å². The van der Waals surface area contributed by atoms with Gasteiger partial charge in [-0.2, -0.15) is 0 Å². The molecule has 0 unspecified atom stereocenters. The van der Waals surface area contributed by atoms with Crippen LogP contribution in [0.5, 0.6) is 0 Å². The zero-order valence-electron chi connectivity index (χ0n) is 8.58. The maximum Gasteiger partial charge on any atom is 0.257 e. The van der Waals surface area contributed by atoms with Crippen LogP contribution < -0.4 is 0 Å². The molecule has 0 aromatic heterocycles. The van der Waals surface area contributed by atoms with E-state index in [-0.39, 0.29) is 5.56 Å². The van der Waals surface area contributed by atoms with E-state index in [0.29, 0.717) is 26.3 Å². The number of benzene rings is 1. The number of carbonyl (C=O) groups is 1. The first kappa shape index (κ1) is 11.0.